The summed E-state index contributed by atoms with van der Waals surface area (Å²) < 4.78 is 3.63. The zero-order valence-corrected chi connectivity index (χ0v) is 14.0. The SMILES string of the molecule is O=Cc1cn(-c2cccc(Br)c2)nc1-c1cccc(Br)c1. The van der Waals surface area contributed by atoms with E-state index in [0.29, 0.717) is 11.3 Å². The molecule has 1 heterocycles. The van der Waals surface area contributed by atoms with Crippen molar-refractivity contribution < 1.29 is 4.79 Å². The standard InChI is InChI=1S/C16H10Br2N2O/c17-13-4-1-3-11(7-13)16-12(10-21)9-20(19-16)15-6-2-5-14(18)8-15/h1-10H. The van der Waals surface area contributed by atoms with Crippen LogP contribution in [0.4, 0.5) is 0 Å². The Hall–Kier alpha value is -1.72. The van der Waals surface area contributed by atoms with Crippen LogP contribution < -0.4 is 0 Å². The van der Waals surface area contributed by atoms with E-state index in [2.05, 4.69) is 37.0 Å². The first kappa shape index (κ1) is 14.2. The number of rotatable bonds is 3. The number of aldehydes is 1. The number of carbonyl (C=O) groups is 1. The van der Waals surface area contributed by atoms with Gasteiger partial charge in [0.15, 0.2) is 6.29 Å². The highest BCUT2D eigenvalue weighted by Gasteiger charge is 2.12. The van der Waals surface area contributed by atoms with Gasteiger partial charge in [-0.25, -0.2) is 4.68 Å². The lowest BCUT2D eigenvalue weighted by Crippen LogP contribution is -1.94. The minimum absolute atomic E-state index is 0.563. The van der Waals surface area contributed by atoms with E-state index >= 15 is 0 Å². The molecular formula is C16H10Br2N2O. The molecule has 0 saturated carbocycles. The van der Waals surface area contributed by atoms with Gasteiger partial charge in [-0.3, -0.25) is 4.79 Å². The zero-order valence-electron chi connectivity index (χ0n) is 10.8. The molecule has 0 radical (unpaired) electrons. The Labute approximate surface area is 138 Å². The Morgan fingerprint density at radius 1 is 1.00 bits per heavy atom. The zero-order chi connectivity index (χ0) is 14.8. The van der Waals surface area contributed by atoms with Gasteiger partial charge >= 0.3 is 0 Å². The van der Waals surface area contributed by atoms with E-state index in [-0.39, 0.29) is 0 Å². The predicted molar refractivity (Wildman–Crippen MR) is 89.8 cm³/mol. The van der Waals surface area contributed by atoms with Crippen LogP contribution in [0.5, 0.6) is 0 Å². The van der Waals surface area contributed by atoms with Crippen LogP contribution in [0.3, 0.4) is 0 Å². The number of nitrogens with zero attached hydrogens (tertiary/aromatic N) is 2. The molecule has 1 aromatic heterocycles. The molecule has 0 bridgehead atoms. The van der Waals surface area contributed by atoms with Gasteiger partial charge in [0.05, 0.1) is 11.3 Å². The molecule has 3 rings (SSSR count). The van der Waals surface area contributed by atoms with Crippen LogP contribution in [-0.2, 0) is 0 Å². The lowest BCUT2D eigenvalue weighted by atomic mass is 10.1. The molecule has 0 fully saturated rings. The Morgan fingerprint density at radius 2 is 1.71 bits per heavy atom. The molecule has 104 valence electrons. The number of carbonyl (C=O) groups excluding carboxylic acids is 1. The van der Waals surface area contributed by atoms with E-state index in [1.807, 2.05) is 48.5 Å². The van der Waals surface area contributed by atoms with Crippen molar-refractivity contribution >= 4 is 38.1 Å². The van der Waals surface area contributed by atoms with Gasteiger partial charge in [-0.15, -0.1) is 0 Å². The molecule has 3 nitrogen and oxygen atoms in total. The van der Waals surface area contributed by atoms with Crippen molar-refractivity contribution in [2.45, 2.75) is 0 Å². The normalized spacial score (nSPS) is 10.6. The number of halogens is 2. The third-order valence-corrected chi connectivity index (χ3v) is 4.03. The molecule has 0 spiro atoms. The third kappa shape index (κ3) is 2.99. The number of hydrogen-bond donors (Lipinski definition) is 0. The molecule has 21 heavy (non-hydrogen) atoms. The molecule has 0 atom stereocenters. The van der Waals surface area contributed by atoms with Gasteiger partial charge in [-0.2, -0.15) is 5.10 Å². The lowest BCUT2D eigenvalue weighted by Gasteiger charge is -2.02. The Balaban J connectivity index is 2.13. The fraction of sp³-hybridized carbons (Fsp3) is 0. The van der Waals surface area contributed by atoms with Crippen molar-refractivity contribution in [3.63, 3.8) is 0 Å². The van der Waals surface area contributed by atoms with Crippen LogP contribution in [0.15, 0.2) is 63.7 Å². The highest BCUT2D eigenvalue weighted by atomic mass is 79.9. The van der Waals surface area contributed by atoms with Crippen molar-refractivity contribution in [3.8, 4) is 16.9 Å². The largest absolute Gasteiger partial charge is 0.298 e. The van der Waals surface area contributed by atoms with Gasteiger partial charge in [-0.05, 0) is 30.3 Å². The summed E-state index contributed by atoms with van der Waals surface area (Å²) in [5.74, 6) is 0. The Morgan fingerprint density at radius 3 is 2.38 bits per heavy atom. The minimum atomic E-state index is 0.563. The fourth-order valence-electron chi connectivity index (χ4n) is 2.08. The van der Waals surface area contributed by atoms with Crippen molar-refractivity contribution in [2.75, 3.05) is 0 Å². The summed E-state index contributed by atoms with van der Waals surface area (Å²) in [7, 11) is 0. The van der Waals surface area contributed by atoms with E-state index in [9.17, 15) is 4.79 Å². The Kier molecular flexibility index (Phi) is 4.03. The average Bonchev–Trinajstić information content (AvgIpc) is 2.91. The van der Waals surface area contributed by atoms with Crippen LogP contribution in [0, 0.1) is 0 Å². The van der Waals surface area contributed by atoms with Gasteiger partial charge in [-0.1, -0.05) is 50.1 Å². The summed E-state index contributed by atoms with van der Waals surface area (Å²) >= 11 is 6.88. The Bertz CT molecular complexity index is 812. The smallest absolute Gasteiger partial charge is 0.153 e. The number of aromatic nitrogens is 2. The van der Waals surface area contributed by atoms with Crippen molar-refractivity contribution in [3.05, 3.63) is 69.2 Å². The molecule has 0 N–H and O–H groups in total. The second-order valence-corrected chi connectivity index (χ2v) is 6.32. The van der Waals surface area contributed by atoms with Gasteiger partial charge in [0.25, 0.3) is 0 Å². The monoisotopic (exact) mass is 404 g/mol. The fourth-order valence-corrected chi connectivity index (χ4v) is 2.87. The summed E-state index contributed by atoms with van der Waals surface area (Å²) in [6.45, 7) is 0. The van der Waals surface area contributed by atoms with Crippen LogP contribution >= 0.6 is 31.9 Å². The summed E-state index contributed by atoms with van der Waals surface area (Å²) in [5.41, 5.74) is 3.04. The minimum Gasteiger partial charge on any atom is -0.298 e. The van der Waals surface area contributed by atoms with E-state index in [4.69, 9.17) is 0 Å². The van der Waals surface area contributed by atoms with Crippen LogP contribution in [0.2, 0.25) is 0 Å². The number of benzene rings is 2. The summed E-state index contributed by atoms with van der Waals surface area (Å²) in [5, 5.41) is 4.55. The molecular weight excluding hydrogens is 396 g/mol. The van der Waals surface area contributed by atoms with Gasteiger partial charge in [0.2, 0.25) is 0 Å². The van der Waals surface area contributed by atoms with Crippen molar-refractivity contribution in [2.24, 2.45) is 0 Å². The number of hydrogen-bond acceptors (Lipinski definition) is 2. The molecule has 0 amide bonds. The van der Waals surface area contributed by atoms with E-state index in [0.717, 1.165) is 26.5 Å². The molecule has 0 saturated heterocycles. The second-order valence-electron chi connectivity index (χ2n) is 4.49. The summed E-state index contributed by atoms with van der Waals surface area (Å²) in [6, 6.07) is 15.5. The van der Waals surface area contributed by atoms with Gasteiger partial charge in [0, 0.05) is 20.7 Å². The molecule has 0 aliphatic carbocycles. The van der Waals surface area contributed by atoms with Crippen molar-refractivity contribution in [1.82, 2.24) is 9.78 Å². The molecule has 0 unspecified atom stereocenters. The molecule has 2 aromatic carbocycles. The molecule has 3 aromatic rings. The molecule has 5 heteroatoms. The van der Waals surface area contributed by atoms with Crippen LogP contribution in [-0.4, -0.2) is 16.1 Å². The van der Waals surface area contributed by atoms with E-state index in [1.54, 1.807) is 10.9 Å². The maximum atomic E-state index is 11.3. The highest BCUT2D eigenvalue weighted by Crippen LogP contribution is 2.25. The maximum absolute atomic E-state index is 11.3. The lowest BCUT2D eigenvalue weighted by molar-refractivity contribution is 0.112. The topological polar surface area (TPSA) is 34.9 Å². The van der Waals surface area contributed by atoms with Gasteiger partial charge in [0.1, 0.15) is 5.69 Å². The third-order valence-electron chi connectivity index (χ3n) is 3.04. The van der Waals surface area contributed by atoms with Crippen LogP contribution in [0.25, 0.3) is 16.9 Å². The van der Waals surface area contributed by atoms with Gasteiger partial charge < -0.3 is 0 Å². The molecule has 0 aliphatic heterocycles. The quantitative estimate of drug-likeness (QED) is 0.582. The second kappa shape index (κ2) is 5.95. The van der Waals surface area contributed by atoms with E-state index < -0.39 is 0 Å². The molecule has 0 aliphatic rings. The maximum Gasteiger partial charge on any atom is 0.153 e. The predicted octanol–water partition coefficient (Wildman–Crippen LogP) is 4.88. The van der Waals surface area contributed by atoms with E-state index in [1.165, 1.54) is 0 Å². The van der Waals surface area contributed by atoms with Crippen molar-refractivity contribution in [1.29, 1.82) is 0 Å². The van der Waals surface area contributed by atoms with Crippen LogP contribution in [0.1, 0.15) is 10.4 Å². The summed E-state index contributed by atoms with van der Waals surface area (Å²) in [6.07, 6.45) is 2.57. The first-order valence-electron chi connectivity index (χ1n) is 6.24. The average molecular weight is 406 g/mol. The highest BCUT2D eigenvalue weighted by molar-refractivity contribution is 9.10. The first-order chi connectivity index (χ1) is 10.2. The first-order valence-corrected chi connectivity index (χ1v) is 7.83. The summed E-state index contributed by atoms with van der Waals surface area (Å²) in [4.78, 5) is 11.3.